The van der Waals surface area contributed by atoms with E-state index in [-0.39, 0.29) is 11.4 Å². The average molecular weight is 288 g/mol. The molecule has 0 aromatic heterocycles. The smallest absolute Gasteiger partial charge is 0.133 e. The van der Waals surface area contributed by atoms with E-state index in [4.69, 9.17) is 0 Å². The predicted octanol–water partition coefficient (Wildman–Crippen LogP) is 4.85. The van der Waals surface area contributed by atoms with Crippen molar-refractivity contribution in [3.05, 3.63) is 76.1 Å². The van der Waals surface area contributed by atoms with Gasteiger partial charge in [-0.3, -0.25) is 0 Å². The Balaban J connectivity index is 2.01. The summed E-state index contributed by atoms with van der Waals surface area (Å²) < 4.78 is 41.7. The van der Waals surface area contributed by atoms with Gasteiger partial charge in [0.05, 0.1) is 0 Å². The topological polar surface area (TPSA) is 0 Å². The van der Waals surface area contributed by atoms with Crippen molar-refractivity contribution in [3.8, 4) is 0 Å². The van der Waals surface area contributed by atoms with Crippen LogP contribution in [-0.4, -0.2) is 0 Å². The lowest BCUT2D eigenvalue weighted by Gasteiger charge is -2.18. The van der Waals surface area contributed by atoms with Gasteiger partial charge in [0, 0.05) is 5.56 Å². The van der Waals surface area contributed by atoms with Crippen LogP contribution in [0.2, 0.25) is 0 Å². The van der Waals surface area contributed by atoms with E-state index in [1.54, 1.807) is 6.07 Å². The zero-order valence-corrected chi connectivity index (χ0v) is 11.7. The van der Waals surface area contributed by atoms with Gasteiger partial charge >= 0.3 is 0 Å². The van der Waals surface area contributed by atoms with E-state index < -0.39 is 11.6 Å². The number of hydrogen-bond acceptors (Lipinski definition) is 0. The van der Waals surface area contributed by atoms with Gasteiger partial charge < -0.3 is 0 Å². The van der Waals surface area contributed by atoms with E-state index in [0.29, 0.717) is 30.4 Å². The van der Waals surface area contributed by atoms with Gasteiger partial charge in [0.25, 0.3) is 0 Å². The lowest BCUT2D eigenvalue weighted by molar-refractivity contribution is 0.572. The highest BCUT2D eigenvalue weighted by atomic mass is 19.1. The number of aryl methyl sites for hydroxylation is 1. The molecule has 0 radical (unpaired) electrons. The fourth-order valence-electron chi connectivity index (χ4n) is 2.80. The molecule has 0 saturated carbocycles. The van der Waals surface area contributed by atoms with Crippen molar-refractivity contribution in [2.24, 2.45) is 0 Å². The zero-order chi connectivity index (χ0) is 15.0. The summed E-state index contributed by atoms with van der Waals surface area (Å²) in [7, 11) is 0. The predicted molar refractivity (Wildman–Crippen MR) is 77.5 cm³/mol. The summed E-state index contributed by atoms with van der Waals surface area (Å²) in [5.41, 5.74) is 3.04. The molecule has 3 rings (SSSR count). The third-order valence-corrected chi connectivity index (χ3v) is 3.95. The van der Waals surface area contributed by atoms with E-state index in [0.717, 1.165) is 11.1 Å². The van der Waals surface area contributed by atoms with Gasteiger partial charge in [0.1, 0.15) is 17.5 Å². The van der Waals surface area contributed by atoms with Gasteiger partial charge in [0.15, 0.2) is 0 Å². The van der Waals surface area contributed by atoms with Gasteiger partial charge in [-0.1, -0.05) is 19.1 Å². The Bertz CT molecular complexity index is 706. The fourth-order valence-corrected chi connectivity index (χ4v) is 2.80. The number of allylic oxidation sites excluding steroid dienone is 2. The van der Waals surface area contributed by atoms with Crippen molar-refractivity contribution in [1.82, 2.24) is 0 Å². The largest absolute Gasteiger partial charge is 0.207 e. The third-order valence-electron chi connectivity index (χ3n) is 3.95. The van der Waals surface area contributed by atoms with Crippen LogP contribution in [0.25, 0.3) is 5.57 Å². The van der Waals surface area contributed by atoms with Crippen molar-refractivity contribution in [3.63, 3.8) is 0 Å². The second kappa shape index (κ2) is 5.40. The van der Waals surface area contributed by atoms with Gasteiger partial charge in [-0.05, 0) is 65.8 Å². The van der Waals surface area contributed by atoms with Crippen LogP contribution in [0.1, 0.15) is 29.2 Å². The Hall–Kier alpha value is -2.03. The quantitative estimate of drug-likeness (QED) is 0.741. The van der Waals surface area contributed by atoms with Crippen molar-refractivity contribution < 1.29 is 13.2 Å². The molecule has 2 aromatic rings. The summed E-state index contributed by atoms with van der Waals surface area (Å²) in [6.07, 6.45) is 3.33. The molecule has 1 aliphatic rings. The highest BCUT2D eigenvalue weighted by Crippen LogP contribution is 2.31. The van der Waals surface area contributed by atoms with E-state index >= 15 is 0 Å². The van der Waals surface area contributed by atoms with Crippen LogP contribution in [-0.2, 0) is 19.3 Å². The maximum Gasteiger partial charge on any atom is 0.133 e. The third kappa shape index (κ3) is 2.60. The van der Waals surface area contributed by atoms with Crippen LogP contribution in [0.3, 0.4) is 0 Å². The summed E-state index contributed by atoms with van der Waals surface area (Å²) in [6.45, 7) is 1.85. The molecule has 1 aliphatic carbocycles. The van der Waals surface area contributed by atoms with Crippen LogP contribution >= 0.6 is 0 Å². The first-order valence-electron chi connectivity index (χ1n) is 7.03. The molecular weight excluding hydrogens is 273 g/mol. The first kappa shape index (κ1) is 13.9. The molecule has 21 heavy (non-hydrogen) atoms. The molecule has 108 valence electrons. The number of hydrogen-bond donors (Lipinski definition) is 0. The number of halogens is 3. The molecule has 3 heteroatoms. The van der Waals surface area contributed by atoms with Crippen molar-refractivity contribution in [2.75, 3.05) is 0 Å². The lowest BCUT2D eigenvalue weighted by Crippen LogP contribution is -2.07. The molecule has 0 nitrogen and oxygen atoms in total. The van der Waals surface area contributed by atoms with Gasteiger partial charge in [-0.15, -0.1) is 0 Å². The van der Waals surface area contributed by atoms with Gasteiger partial charge in [-0.25, -0.2) is 13.2 Å². The number of rotatable bonds is 2. The highest BCUT2D eigenvalue weighted by Gasteiger charge is 2.19. The minimum atomic E-state index is -0.544. The number of benzene rings is 2. The molecule has 0 fully saturated rings. The standard InChI is InChI=1S/C18H15F3/c1-2-11-7-16(20)18(17(21)8-11)13-4-3-12-5-6-15(19)10-14(12)9-13/h4-8,10H,2-3,9H2,1H3. The Kier molecular flexibility index (Phi) is 3.58. The molecule has 2 aromatic carbocycles. The molecule has 0 spiro atoms. The van der Waals surface area contributed by atoms with E-state index in [9.17, 15) is 13.2 Å². The van der Waals surface area contributed by atoms with Crippen LogP contribution < -0.4 is 0 Å². The first-order chi connectivity index (χ1) is 10.1. The molecular formula is C18H15F3. The van der Waals surface area contributed by atoms with Gasteiger partial charge in [-0.2, -0.15) is 0 Å². The SMILES string of the molecule is CCc1cc(F)c(C2=CCc3ccc(F)cc3C2)c(F)c1. The molecule has 0 amide bonds. The lowest BCUT2D eigenvalue weighted by atomic mass is 9.87. The highest BCUT2D eigenvalue weighted by molar-refractivity contribution is 5.71. The average Bonchev–Trinajstić information content (AvgIpc) is 2.46. The molecule has 0 saturated heterocycles. The molecule has 0 bridgehead atoms. The van der Waals surface area contributed by atoms with Crippen LogP contribution in [0, 0.1) is 17.5 Å². The summed E-state index contributed by atoms with van der Waals surface area (Å²) in [6, 6.07) is 7.33. The summed E-state index contributed by atoms with van der Waals surface area (Å²) in [5.74, 6) is -1.41. The molecule has 0 heterocycles. The van der Waals surface area contributed by atoms with Gasteiger partial charge in [0.2, 0.25) is 0 Å². The maximum absolute atomic E-state index is 14.2. The van der Waals surface area contributed by atoms with Crippen LogP contribution in [0.4, 0.5) is 13.2 Å². The Labute approximate surface area is 121 Å². The van der Waals surface area contributed by atoms with Crippen molar-refractivity contribution >= 4 is 5.57 Å². The monoisotopic (exact) mass is 288 g/mol. The molecule has 0 aliphatic heterocycles. The molecule has 0 unspecified atom stereocenters. The zero-order valence-electron chi connectivity index (χ0n) is 11.7. The summed E-state index contributed by atoms with van der Waals surface area (Å²) in [5, 5.41) is 0. The second-order valence-corrected chi connectivity index (χ2v) is 5.31. The van der Waals surface area contributed by atoms with Crippen molar-refractivity contribution in [2.45, 2.75) is 26.2 Å². The Morgan fingerprint density at radius 1 is 0.952 bits per heavy atom. The van der Waals surface area contributed by atoms with Crippen LogP contribution in [0.5, 0.6) is 0 Å². The van der Waals surface area contributed by atoms with E-state index in [1.165, 1.54) is 24.3 Å². The normalized spacial score (nSPS) is 13.8. The summed E-state index contributed by atoms with van der Waals surface area (Å²) in [4.78, 5) is 0. The molecule has 0 N–H and O–H groups in total. The number of fused-ring (bicyclic) bond motifs is 1. The van der Waals surface area contributed by atoms with Crippen LogP contribution in [0.15, 0.2) is 36.4 Å². The van der Waals surface area contributed by atoms with E-state index in [1.807, 2.05) is 13.0 Å². The van der Waals surface area contributed by atoms with Crippen molar-refractivity contribution in [1.29, 1.82) is 0 Å². The first-order valence-corrected chi connectivity index (χ1v) is 7.03. The Morgan fingerprint density at radius 2 is 1.67 bits per heavy atom. The Morgan fingerprint density at radius 3 is 2.33 bits per heavy atom. The maximum atomic E-state index is 14.2. The summed E-state index contributed by atoms with van der Waals surface area (Å²) >= 11 is 0. The molecule has 0 atom stereocenters. The van der Waals surface area contributed by atoms with E-state index in [2.05, 4.69) is 0 Å². The second-order valence-electron chi connectivity index (χ2n) is 5.31. The fraction of sp³-hybridized carbons (Fsp3) is 0.222. The minimum absolute atomic E-state index is 0.0158. The minimum Gasteiger partial charge on any atom is -0.207 e.